The van der Waals surface area contributed by atoms with Gasteiger partial charge in [0.2, 0.25) is 5.91 Å². The average Bonchev–Trinajstić information content (AvgIpc) is 3.12. The lowest BCUT2D eigenvalue weighted by atomic mass is 9.98. The molecule has 1 aromatic carbocycles. The van der Waals surface area contributed by atoms with Crippen LogP contribution in [0.5, 0.6) is 5.75 Å². The Balaban J connectivity index is 1.97. The highest BCUT2D eigenvalue weighted by Gasteiger charge is 2.59. The molecule has 0 aromatic heterocycles. The lowest BCUT2D eigenvalue weighted by Gasteiger charge is -2.17. The molecule has 130 valence electrons. The van der Waals surface area contributed by atoms with Crippen LogP contribution in [0.3, 0.4) is 0 Å². The van der Waals surface area contributed by atoms with Crippen molar-refractivity contribution in [3.8, 4) is 5.75 Å². The summed E-state index contributed by atoms with van der Waals surface area (Å²) in [6.45, 7) is 1.65. The molecule has 0 bridgehead atoms. The summed E-state index contributed by atoms with van der Waals surface area (Å²) in [5.41, 5.74) is -0.0138. The van der Waals surface area contributed by atoms with Gasteiger partial charge in [0.15, 0.2) is 11.8 Å². The van der Waals surface area contributed by atoms with Crippen molar-refractivity contribution >= 4 is 29.2 Å². The number of hydrogen-bond acceptors (Lipinski definition) is 8. The van der Waals surface area contributed by atoms with E-state index in [2.05, 4.69) is 10.4 Å². The van der Waals surface area contributed by atoms with E-state index in [1.165, 1.54) is 19.2 Å². The zero-order valence-corrected chi connectivity index (χ0v) is 13.4. The molecule has 2 aliphatic heterocycles. The van der Waals surface area contributed by atoms with E-state index in [9.17, 15) is 19.3 Å². The number of nitroso groups, excluding NO2 is 1. The molecule has 10 nitrogen and oxygen atoms in total. The van der Waals surface area contributed by atoms with E-state index < -0.39 is 29.7 Å². The highest BCUT2D eigenvalue weighted by atomic mass is 16.5. The molecular weight excluding hydrogens is 332 g/mol. The molecule has 2 amide bonds. The summed E-state index contributed by atoms with van der Waals surface area (Å²) in [7, 11) is 1.49. The van der Waals surface area contributed by atoms with Gasteiger partial charge in [-0.1, -0.05) is 0 Å². The Morgan fingerprint density at radius 3 is 2.48 bits per heavy atom. The van der Waals surface area contributed by atoms with Crippen LogP contribution in [0.1, 0.15) is 6.92 Å². The molecule has 0 unspecified atom stereocenters. The van der Waals surface area contributed by atoms with Crippen molar-refractivity contribution < 1.29 is 23.9 Å². The molecule has 0 aliphatic carbocycles. The van der Waals surface area contributed by atoms with Gasteiger partial charge in [0.1, 0.15) is 11.7 Å². The number of methoxy groups -OCH3 is 1. The predicted octanol–water partition coefficient (Wildman–Crippen LogP) is 0.469. The Morgan fingerprint density at radius 2 is 1.92 bits per heavy atom. The Hall–Kier alpha value is -3.30. The van der Waals surface area contributed by atoms with E-state index in [0.29, 0.717) is 16.6 Å². The number of hydrogen-bond donors (Lipinski definition) is 0. The van der Waals surface area contributed by atoms with Gasteiger partial charge in [-0.2, -0.15) is 0 Å². The third kappa shape index (κ3) is 2.51. The van der Waals surface area contributed by atoms with E-state index in [-0.39, 0.29) is 12.3 Å². The monoisotopic (exact) mass is 346 g/mol. The molecular formula is C15H14N4O6. The molecule has 3 rings (SSSR count). The van der Waals surface area contributed by atoms with Crippen LogP contribution in [0.4, 0.5) is 5.69 Å². The molecule has 1 fully saturated rings. The number of rotatable bonds is 5. The average molecular weight is 346 g/mol. The number of carbonyl (C=O) groups is 3. The topological polar surface area (TPSA) is 118 Å². The van der Waals surface area contributed by atoms with E-state index in [4.69, 9.17) is 9.47 Å². The van der Waals surface area contributed by atoms with Crippen molar-refractivity contribution in [1.82, 2.24) is 5.12 Å². The minimum Gasteiger partial charge on any atom is -0.497 e. The normalized spacial score (nSPS) is 21.9. The zero-order chi connectivity index (χ0) is 18.1. The number of fused-ring (bicyclic) bond motifs is 1. The van der Waals surface area contributed by atoms with Crippen molar-refractivity contribution in [3.05, 3.63) is 29.2 Å². The number of benzene rings is 1. The maximum Gasteiger partial charge on any atom is 0.355 e. The molecule has 2 atom stereocenters. The highest BCUT2D eigenvalue weighted by Crippen LogP contribution is 2.35. The molecule has 0 saturated carbocycles. The SMILES string of the molecule is CCOC(=O)C1=NN(N=O)[C@@H]2C(=O)N(c3ccc(OC)cc3)C(=O)[C@@H]12. The Morgan fingerprint density at radius 1 is 1.24 bits per heavy atom. The molecule has 0 N–H and O–H groups in total. The molecule has 25 heavy (non-hydrogen) atoms. The summed E-state index contributed by atoms with van der Waals surface area (Å²) < 4.78 is 9.88. The smallest absolute Gasteiger partial charge is 0.355 e. The minimum atomic E-state index is -1.29. The first-order valence-corrected chi connectivity index (χ1v) is 7.43. The standard InChI is InChI=1S/C15H14N4O6/c1-3-25-15(22)11-10-12(19(16-11)17-23)14(21)18(13(10)20)8-4-6-9(24-2)7-5-8/h4-7,10,12H,3H2,1-2H3/t10-,12-/m0/s1. The van der Waals surface area contributed by atoms with Gasteiger partial charge in [-0.25, -0.2) is 9.69 Å². The molecule has 0 spiro atoms. The number of hydrazone groups is 1. The van der Waals surface area contributed by atoms with E-state index in [1.54, 1.807) is 19.1 Å². The van der Waals surface area contributed by atoms with Crippen molar-refractivity contribution in [2.45, 2.75) is 13.0 Å². The quantitative estimate of drug-likeness (QED) is 0.432. The van der Waals surface area contributed by atoms with Crippen LogP contribution in [0.15, 0.2) is 34.7 Å². The van der Waals surface area contributed by atoms with Crippen molar-refractivity contribution in [2.24, 2.45) is 16.3 Å². The molecule has 2 aliphatic rings. The van der Waals surface area contributed by atoms with Crippen LogP contribution in [0, 0.1) is 10.8 Å². The second-order valence-corrected chi connectivity index (χ2v) is 5.24. The minimum absolute atomic E-state index is 0.0636. The van der Waals surface area contributed by atoms with Crippen LogP contribution >= 0.6 is 0 Å². The van der Waals surface area contributed by atoms with Crippen LogP contribution in [0.2, 0.25) is 0 Å². The number of carbonyl (C=O) groups excluding carboxylic acids is 3. The van der Waals surface area contributed by atoms with Gasteiger partial charge in [0.25, 0.3) is 5.91 Å². The number of esters is 1. The van der Waals surface area contributed by atoms with E-state index in [0.717, 1.165) is 4.90 Å². The van der Waals surface area contributed by atoms with Gasteiger partial charge in [0.05, 0.1) is 24.7 Å². The van der Waals surface area contributed by atoms with Crippen LogP contribution < -0.4 is 9.64 Å². The Labute approximate surface area is 141 Å². The van der Waals surface area contributed by atoms with Crippen molar-refractivity contribution in [3.63, 3.8) is 0 Å². The second kappa shape index (κ2) is 6.30. The van der Waals surface area contributed by atoms with Crippen LogP contribution in [-0.2, 0) is 19.1 Å². The number of ether oxygens (including phenoxy) is 2. The first-order valence-electron chi connectivity index (χ1n) is 7.43. The fourth-order valence-corrected chi connectivity index (χ4v) is 2.82. The van der Waals surface area contributed by atoms with Crippen molar-refractivity contribution in [1.29, 1.82) is 0 Å². The van der Waals surface area contributed by atoms with Gasteiger partial charge in [-0.3, -0.25) is 9.59 Å². The summed E-state index contributed by atoms with van der Waals surface area (Å²) in [5, 5.41) is 6.85. The second-order valence-electron chi connectivity index (χ2n) is 5.24. The van der Waals surface area contributed by atoms with Gasteiger partial charge >= 0.3 is 5.97 Å². The maximum atomic E-state index is 12.7. The van der Waals surface area contributed by atoms with Gasteiger partial charge in [-0.05, 0) is 31.2 Å². The number of anilines is 1. The molecule has 10 heteroatoms. The third-order valence-electron chi connectivity index (χ3n) is 3.93. The van der Waals surface area contributed by atoms with Gasteiger partial charge < -0.3 is 9.47 Å². The number of nitrogens with zero attached hydrogens (tertiary/aromatic N) is 4. The predicted molar refractivity (Wildman–Crippen MR) is 84.5 cm³/mol. The zero-order valence-electron chi connectivity index (χ0n) is 13.4. The molecule has 0 radical (unpaired) electrons. The lowest BCUT2D eigenvalue weighted by molar-refractivity contribution is -0.136. The van der Waals surface area contributed by atoms with Gasteiger partial charge in [0, 0.05) is 0 Å². The molecule has 1 aromatic rings. The highest BCUT2D eigenvalue weighted by molar-refractivity contribution is 6.46. The summed E-state index contributed by atoms with van der Waals surface area (Å²) in [6.07, 6.45) is 0. The lowest BCUT2D eigenvalue weighted by Crippen LogP contribution is -2.36. The fourth-order valence-electron chi connectivity index (χ4n) is 2.82. The number of amides is 2. The molecule has 1 saturated heterocycles. The van der Waals surface area contributed by atoms with Crippen molar-refractivity contribution in [2.75, 3.05) is 18.6 Å². The number of imide groups is 1. The van der Waals surface area contributed by atoms with Crippen LogP contribution in [0.25, 0.3) is 0 Å². The van der Waals surface area contributed by atoms with Crippen LogP contribution in [-0.4, -0.2) is 48.4 Å². The molecule has 2 heterocycles. The van der Waals surface area contributed by atoms with E-state index in [1.807, 2.05) is 0 Å². The summed E-state index contributed by atoms with van der Waals surface area (Å²) in [4.78, 5) is 49.3. The van der Waals surface area contributed by atoms with E-state index >= 15 is 0 Å². The third-order valence-corrected chi connectivity index (χ3v) is 3.93. The Kier molecular flexibility index (Phi) is 4.17. The van der Waals surface area contributed by atoms with Gasteiger partial charge in [-0.15, -0.1) is 15.1 Å². The first-order chi connectivity index (χ1) is 12.0. The Bertz CT molecular complexity index is 775. The largest absolute Gasteiger partial charge is 0.497 e. The summed E-state index contributed by atoms with van der Waals surface area (Å²) >= 11 is 0. The maximum absolute atomic E-state index is 12.7. The fraction of sp³-hybridized carbons (Fsp3) is 0.333. The summed E-state index contributed by atoms with van der Waals surface area (Å²) in [5.74, 6) is -2.90. The first kappa shape index (κ1) is 16.6. The summed E-state index contributed by atoms with van der Waals surface area (Å²) in [6, 6.07) is 4.93.